The molecule has 0 aromatic heterocycles. The predicted octanol–water partition coefficient (Wildman–Crippen LogP) is 4.02. The van der Waals surface area contributed by atoms with E-state index in [9.17, 15) is 24.8 Å². The number of ether oxygens (including phenoxy) is 3. The van der Waals surface area contributed by atoms with Gasteiger partial charge in [0.05, 0.1) is 23.7 Å². The molecule has 0 saturated carbocycles. The molecule has 0 radical (unpaired) electrons. The van der Waals surface area contributed by atoms with Crippen LogP contribution in [0.3, 0.4) is 0 Å². The summed E-state index contributed by atoms with van der Waals surface area (Å²) < 4.78 is 17.9. The van der Waals surface area contributed by atoms with Gasteiger partial charge in [-0.3, -0.25) is 24.6 Å². The minimum Gasteiger partial charge on any atom is -0.453 e. The molecule has 244 valence electrons. The van der Waals surface area contributed by atoms with Crippen molar-refractivity contribution >= 4 is 23.3 Å². The largest absolute Gasteiger partial charge is 0.453 e. The first-order valence-corrected chi connectivity index (χ1v) is 15.4. The summed E-state index contributed by atoms with van der Waals surface area (Å²) in [5.41, 5.74) is 4.64. The van der Waals surface area contributed by atoms with Gasteiger partial charge in [-0.25, -0.2) is 0 Å². The van der Waals surface area contributed by atoms with Crippen LogP contribution < -0.4 is 10.2 Å². The van der Waals surface area contributed by atoms with E-state index in [1.54, 1.807) is 24.3 Å². The summed E-state index contributed by atoms with van der Waals surface area (Å²) in [7, 11) is 0. The van der Waals surface area contributed by atoms with Gasteiger partial charge in [0.2, 0.25) is 0 Å². The number of nitrogens with zero attached hydrogens (tertiary/aromatic N) is 3. The number of esters is 1. The summed E-state index contributed by atoms with van der Waals surface area (Å²) in [5.74, 6) is -0.880. The van der Waals surface area contributed by atoms with Gasteiger partial charge < -0.3 is 29.5 Å². The van der Waals surface area contributed by atoms with Crippen LogP contribution in [0.25, 0.3) is 0 Å². The Hall–Kier alpha value is -4.36. The molecule has 2 heterocycles. The maximum atomic E-state index is 12.2. The van der Waals surface area contributed by atoms with Crippen molar-refractivity contribution in [2.45, 2.75) is 58.0 Å². The van der Waals surface area contributed by atoms with Crippen LogP contribution in [-0.4, -0.2) is 71.7 Å². The highest BCUT2D eigenvalue weighted by Crippen LogP contribution is 2.38. The van der Waals surface area contributed by atoms with Crippen molar-refractivity contribution in [3.05, 3.63) is 105 Å². The van der Waals surface area contributed by atoms with Gasteiger partial charge >= 0.3 is 5.97 Å². The lowest BCUT2D eigenvalue weighted by Gasteiger charge is -2.41. The van der Waals surface area contributed by atoms with Crippen molar-refractivity contribution in [1.82, 2.24) is 10.2 Å². The van der Waals surface area contributed by atoms with Crippen molar-refractivity contribution in [2.24, 2.45) is 0 Å². The third-order valence-electron chi connectivity index (χ3n) is 8.31. The molecule has 2 aliphatic heterocycles. The van der Waals surface area contributed by atoms with Gasteiger partial charge in [0.1, 0.15) is 0 Å². The van der Waals surface area contributed by atoms with Gasteiger partial charge in [0, 0.05) is 76.0 Å². The smallest absolute Gasteiger partial charge is 0.303 e. The van der Waals surface area contributed by atoms with Crippen LogP contribution in [0.1, 0.15) is 54.9 Å². The van der Waals surface area contributed by atoms with Gasteiger partial charge in [-0.1, -0.05) is 48.5 Å². The second kappa shape index (κ2) is 15.3. The standard InChI is InChI=1S/C34H40N4O8/c1-23(44-24(2)40)33(41)35-20-25-3-9-28(10-4-25)34-45-31(19-32(46-34)27-7-5-26(22-39)6-8-27)21-36-15-17-37(18-16-36)29-11-13-30(14-12-29)38(42)43/h3-14,23,31-32,34,39H,15-22H2,1-2H3,(H,35,41)/t23-,31-,32+,34+/m0/s1. The minimum absolute atomic E-state index is 0.0263. The third kappa shape index (κ3) is 8.67. The number of benzene rings is 3. The number of rotatable bonds is 11. The van der Waals surface area contributed by atoms with Crippen LogP contribution in [0.4, 0.5) is 11.4 Å². The number of nitro benzene ring substituents is 1. The van der Waals surface area contributed by atoms with Crippen LogP contribution in [0.15, 0.2) is 72.8 Å². The molecule has 2 N–H and O–H groups in total. The number of hydrogen-bond donors (Lipinski definition) is 2. The SMILES string of the molecule is CC(=O)O[C@@H](C)C(=O)NCc1ccc([C@@H]2O[C@H](CN3CCN(c4ccc([N+](=O)[O-])cc4)CC3)C[C@H](c3ccc(CO)cc3)O2)cc1. The molecule has 3 aromatic carbocycles. The molecule has 2 saturated heterocycles. The highest BCUT2D eigenvalue weighted by Gasteiger charge is 2.34. The number of carbonyl (C=O) groups excluding carboxylic acids is 2. The summed E-state index contributed by atoms with van der Waals surface area (Å²) in [6.07, 6.45) is -1.11. The fraction of sp³-hybridized carbons (Fsp3) is 0.412. The van der Waals surface area contributed by atoms with Crippen LogP contribution in [-0.2, 0) is 37.0 Å². The number of anilines is 1. The lowest BCUT2D eigenvalue weighted by Crippen LogP contribution is -2.49. The van der Waals surface area contributed by atoms with E-state index in [-0.39, 0.29) is 41.9 Å². The Morgan fingerprint density at radius 1 is 0.957 bits per heavy atom. The van der Waals surface area contributed by atoms with E-state index >= 15 is 0 Å². The molecule has 0 aliphatic carbocycles. The minimum atomic E-state index is -0.869. The quantitative estimate of drug-likeness (QED) is 0.181. The van der Waals surface area contributed by atoms with Crippen molar-refractivity contribution < 1.29 is 33.8 Å². The Balaban J connectivity index is 1.22. The van der Waals surface area contributed by atoms with Crippen molar-refractivity contribution in [3.63, 3.8) is 0 Å². The molecule has 0 spiro atoms. The second-order valence-corrected chi connectivity index (χ2v) is 11.6. The lowest BCUT2D eigenvalue weighted by atomic mass is 9.99. The fourth-order valence-corrected chi connectivity index (χ4v) is 5.72. The van der Waals surface area contributed by atoms with Crippen LogP contribution in [0.5, 0.6) is 0 Å². The fourth-order valence-electron chi connectivity index (χ4n) is 5.72. The summed E-state index contributed by atoms with van der Waals surface area (Å²) in [6.45, 7) is 7.03. The normalized spacial score (nSPS) is 20.9. The molecule has 5 rings (SSSR count). The van der Waals surface area contributed by atoms with Crippen molar-refractivity contribution in [1.29, 1.82) is 0 Å². The Kier molecular flexibility index (Phi) is 11.0. The van der Waals surface area contributed by atoms with E-state index in [4.69, 9.17) is 14.2 Å². The molecule has 4 atom stereocenters. The van der Waals surface area contributed by atoms with E-state index in [1.807, 2.05) is 48.5 Å². The molecular weight excluding hydrogens is 592 g/mol. The maximum absolute atomic E-state index is 12.2. The van der Waals surface area contributed by atoms with Crippen molar-refractivity contribution in [3.8, 4) is 0 Å². The highest BCUT2D eigenvalue weighted by molar-refractivity contribution is 5.82. The first kappa shape index (κ1) is 33.0. The zero-order valence-corrected chi connectivity index (χ0v) is 26.0. The Bertz CT molecular complexity index is 1470. The number of aliphatic hydroxyl groups excluding tert-OH is 1. The molecule has 1 amide bonds. The molecule has 12 nitrogen and oxygen atoms in total. The zero-order valence-electron chi connectivity index (χ0n) is 26.0. The van der Waals surface area contributed by atoms with Crippen LogP contribution in [0.2, 0.25) is 0 Å². The molecule has 2 fully saturated rings. The lowest BCUT2D eigenvalue weighted by molar-refractivity contribution is -0.384. The molecule has 0 bridgehead atoms. The van der Waals surface area contributed by atoms with Gasteiger partial charge in [-0.2, -0.15) is 0 Å². The number of nitrogens with one attached hydrogen (secondary N) is 1. The molecule has 0 unspecified atom stereocenters. The predicted molar refractivity (Wildman–Crippen MR) is 170 cm³/mol. The van der Waals surface area contributed by atoms with E-state index in [1.165, 1.54) is 13.8 Å². The average Bonchev–Trinajstić information content (AvgIpc) is 3.07. The number of nitro groups is 1. The zero-order chi connectivity index (χ0) is 32.6. The number of hydrogen-bond acceptors (Lipinski definition) is 10. The Morgan fingerprint density at radius 2 is 1.59 bits per heavy atom. The number of amides is 1. The van der Waals surface area contributed by atoms with Crippen LogP contribution in [0, 0.1) is 10.1 Å². The highest BCUT2D eigenvalue weighted by atomic mass is 16.7. The maximum Gasteiger partial charge on any atom is 0.303 e. The third-order valence-corrected chi connectivity index (χ3v) is 8.31. The topological polar surface area (TPSA) is 144 Å². The number of carbonyl (C=O) groups is 2. The van der Waals surface area contributed by atoms with Gasteiger partial charge in [0.25, 0.3) is 11.6 Å². The first-order chi connectivity index (χ1) is 22.2. The monoisotopic (exact) mass is 632 g/mol. The van der Waals surface area contributed by atoms with E-state index in [0.29, 0.717) is 6.42 Å². The van der Waals surface area contributed by atoms with Crippen molar-refractivity contribution in [2.75, 3.05) is 37.6 Å². The average molecular weight is 633 g/mol. The summed E-state index contributed by atoms with van der Waals surface area (Å²) in [6, 6.07) is 22.1. The molecular formula is C34H40N4O8. The molecule has 2 aliphatic rings. The molecule has 12 heteroatoms. The Labute approximate surface area is 268 Å². The summed E-state index contributed by atoms with van der Waals surface area (Å²) in [4.78, 5) is 38.6. The first-order valence-electron chi connectivity index (χ1n) is 15.4. The molecule has 3 aromatic rings. The van der Waals surface area contributed by atoms with E-state index < -0.39 is 18.4 Å². The Morgan fingerprint density at radius 3 is 2.20 bits per heavy atom. The molecule has 46 heavy (non-hydrogen) atoms. The van der Waals surface area contributed by atoms with Gasteiger partial charge in [0.15, 0.2) is 12.4 Å². The van der Waals surface area contributed by atoms with E-state index in [2.05, 4.69) is 15.1 Å². The van der Waals surface area contributed by atoms with E-state index in [0.717, 1.165) is 60.7 Å². The number of piperazine rings is 1. The second-order valence-electron chi connectivity index (χ2n) is 11.6. The summed E-state index contributed by atoms with van der Waals surface area (Å²) in [5, 5.41) is 23.3. The van der Waals surface area contributed by atoms with Gasteiger partial charge in [-0.15, -0.1) is 0 Å². The number of non-ortho nitro benzene ring substituents is 1. The van der Waals surface area contributed by atoms with Gasteiger partial charge in [-0.05, 0) is 35.7 Å². The van der Waals surface area contributed by atoms with Crippen LogP contribution >= 0.6 is 0 Å². The number of aliphatic hydroxyl groups is 1. The summed E-state index contributed by atoms with van der Waals surface area (Å²) >= 11 is 0.